The Kier molecular flexibility index (Phi) is 17.9. The molecule has 1 N–H and O–H groups in total. The first-order valence-electron chi connectivity index (χ1n) is 24.8. The van der Waals surface area contributed by atoms with E-state index in [1.807, 2.05) is 20.8 Å². The molecule has 13 atom stereocenters. The third-order valence-corrected chi connectivity index (χ3v) is 15.5. The lowest BCUT2D eigenvalue weighted by molar-refractivity contribution is -0.302. The van der Waals surface area contributed by atoms with E-state index in [4.69, 9.17) is 23.7 Å². The molecule has 6 rings (SSSR count). The molecule has 0 radical (unpaired) electrons. The van der Waals surface area contributed by atoms with E-state index in [-0.39, 0.29) is 61.0 Å². The van der Waals surface area contributed by atoms with Gasteiger partial charge in [-0.15, -0.1) is 6.58 Å². The number of aliphatic hydroxyl groups is 1. The first-order chi connectivity index (χ1) is 31.9. The number of piperidine rings is 1. The lowest BCUT2D eigenvalue weighted by Crippen LogP contribution is -2.64. The Balaban J connectivity index is 1.30. The number of hydrogen-bond acceptors (Lipinski definition) is 11. The SMILES string of the molecule is C=CCC1C=C(C)CC(C)CC(OC)C2OC(O)(C(=O)C(=O)N3CCCCC3C(=O)OC(C(C)=CC3CCC(N(C)c4ccc5c(ccn5C)c4)C(OC)C3)C(C)CCC1=O)C(C)CC2OC. The van der Waals surface area contributed by atoms with Crippen LogP contribution in [0.4, 0.5) is 5.69 Å². The molecule has 1 aromatic heterocycles. The predicted octanol–water partition coefficient (Wildman–Crippen LogP) is 8.30. The van der Waals surface area contributed by atoms with Crippen LogP contribution in [0.1, 0.15) is 112 Å². The van der Waals surface area contributed by atoms with Crippen LogP contribution in [0.25, 0.3) is 10.9 Å². The summed E-state index contributed by atoms with van der Waals surface area (Å²) in [7, 11) is 9.07. The second kappa shape index (κ2) is 23.0. The fraction of sp³-hybridized carbons (Fsp3) is 0.667. The number of methoxy groups -OCH3 is 3. The van der Waals surface area contributed by atoms with Crippen molar-refractivity contribution < 1.29 is 48.0 Å². The second-order valence-corrected chi connectivity index (χ2v) is 20.4. The van der Waals surface area contributed by atoms with E-state index in [2.05, 4.69) is 79.7 Å². The van der Waals surface area contributed by atoms with Gasteiger partial charge in [0.2, 0.25) is 5.79 Å². The van der Waals surface area contributed by atoms with Crippen molar-refractivity contribution in [2.75, 3.05) is 39.8 Å². The topological polar surface area (TPSA) is 146 Å². The number of carbonyl (C=O) groups is 4. The summed E-state index contributed by atoms with van der Waals surface area (Å²) in [6.07, 6.45) is 12.1. The normalized spacial score (nSPS) is 34.8. The zero-order valence-corrected chi connectivity index (χ0v) is 41.9. The van der Waals surface area contributed by atoms with Gasteiger partial charge in [-0.3, -0.25) is 14.4 Å². The summed E-state index contributed by atoms with van der Waals surface area (Å²) in [6, 6.07) is 7.79. The van der Waals surface area contributed by atoms with Crippen molar-refractivity contribution in [1.29, 1.82) is 0 Å². The minimum Gasteiger partial charge on any atom is -0.456 e. The summed E-state index contributed by atoms with van der Waals surface area (Å²) < 4.78 is 33.0. The number of fused-ring (bicyclic) bond motifs is 4. The third-order valence-electron chi connectivity index (χ3n) is 15.5. The number of hydrogen-bond donors (Lipinski definition) is 1. The van der Waals surface area contributed by atoms with Crippen molar-refractivity contribution in [2.45, 2.75) is 160 Å². The molecule has 0 spiro atoms. The molecule has 4 aliphatic rings. The number of likely N-dealkylation sites (N-methyl/N-ethyl adjacent to an activating group) is 1. The van der Waals surface area contributed by atoms with Crippen LogP contribution in [-0.4, -0.2) is 121 Å². The van der Waals surface area contributed by atoms with Gasteiger partial charge in [0.25, 0.3) is 11.7 Å². The summed E-state index contributed by atoms with van der Waals surface area (Å²) >= 11 is 0. The zero-order chi connectivity index (χ0) is 48.7. The monoisotopic (exact) mass is 930 g/mol. The molecule has 4 heterocycles. The third kappa shape index (κ3) is 11.8. The van der Waals surface area contributed by atoms with Gasteiger partial charge in [0.15, 0.2) is 0 Å². The van der Waals surface area contributed by atoms with Gasteiger partial charge in [0.05, 0.1) is 24.4 Å². The molecule has 370 valence electrons. The molecule has 1 aromatic carbocycles. The van der Waals surface area contributed by atoms with Crippen LogP contribution in [0, 0.1) is 29.6 Å². The van der Waals surface area contributed by atoms with Crippen LogP contribution < -0.4 is 4.90 Å². The Labute approximate surface area is 399 Å². The molecule has 1 aliphatic carbocycles. The Hall–Kier alpha value is -4.14. The van der Waals surface area contributed by atoms with Crippen molar-refractivity contribution in [2.24, 2.45) is 36.6 Å². The minimum absolute atomic E-state index is 0.0534. The number of cyclic esters (lactones) is 1. The fourth-order valence-corrected chi connectivity index (χ4v) is 11.6. The average Bonchev–Trinajstić information content (AvgIpc) is 3.70. The molecule has 13 heteroatoms. The molecule has 13 nitrogen and oxygen atoms in total. The minimum atomic E-state index is -2.48. The number of carbonyl (C=O) groups excluding carboxylic acids is 4. The molecular weight excluding hydrogens is 851 g/mol. The van der Waals surface area contributed by atoms with E-state index in [0.29, 0.717) is 44.9 Å². The lowest BCUT2D eigenvalue weighted by atomic mass is 9.80. The molecule has 13 unspecified atom stereocenters. The lowest BCUT2D eigenvalue weighted by Gasteiger charge is -2.47. The van der Waals surface area contributed by atoms with Gasteiger partial charge in [0, 0.05) is 83.0 Å². The Morgan fingerprint density at radius 1 is 0.955 bits per heavy atom. The number of aromatic nitrogens is 1. The predicted molar refractivity (Wildman–Crippen MR) is 260 cm³/mol. The first kappa shape index (κ1) is 52.2. The molecule has 2 bridgehead atoms. The molecule has 2 aromatic rings. The van der Waals surface area contributed by atoms with E-state index in [1.54, 1.807) is 34.3 Å². The first-order valence-corrected chi connectivity index (χ1v) is 24.8. The molecule has 1 saturated carbocycles. The summed E-state index contributed by atoms with van der Waals surface area (Å²) in [5.74, 6) is -6.31. The number of esters is 1. The number of amides is 1. The number of benzene rings is 1. The van der Waals surface area contributed by atoms with Crippen molar-refractivity contribution in [3.05, 3.63) is 66.4 Å². The van der Waals surface area contributed by atoms with E-state index in [1.165, 1.54) is 15.8 Å². The van der Waals surface area contributed by atoms with E-state index < -0.39 is 59.8 Å². The molecule has 3 aliphatic heterocycles. The molecule has 3 fully saturated rings. The maximum Gasteiger partial charge on any atom is 0.329 e. The molecule has 2 saturated heterocycles. The van der Waals surface area contributed by atoms with Crippen molar-refractivity contribution in [1.82, 2.24) is 9.47 Å². The van der Waals surface area contributed by atoms with Crippen LogP contribution in [0.2, 0.25) is 0 Å². The number of ether oxygens (including phenoxy) is 5. The summed E-state index contributed by atoms with van der Waals surface area (Å²) in [5, 5.41) is 13.4. The van der Waals surface area contributed by atoms with Crippen LogP contribution in [-0.2, 0) is 49.9 Å². The molecule has 67 heavy (non-hydrogen) atoms. The smallest absolute Gasteiger partial charge is 0.329 e. The van der Waals surface area contributed by atoms with Gasteiger partial charge in [-0.1, -0.05) is 44.6 Å². The van der Waals surface area contributed by atoms with Crippen molar-refractivity contribution in [3.63, 3.8) is 0 Å². The highest BCUT2D eigenvalue weighted by Crippen LogP contribution is 2.40. The average molecular weight is 930 g/mol. The maximum atomic E-state index is 14.6. The number of nitrogens with zero attached hydrogens (tertiary/aromatic N) is 3. The molecular formula is C54H79N3O10. The van der Waals surface area contributed by atoms with E-state index in [9.17, 15) is 24.3 Å². The number of aryl methyl sites for hydroxylation is 1. The highest BCUT2D eigenvalue weighted by Gasteiger charge is 2.56. The summed E-state index contributed by atoms with van der Waals surface area (Å²) in [4.78, 5) is 61.1. The van der Waals surface area contributed by atoms with Crippen molar-refractivity contribution in [3.8, 4) is 0 Å². The van der Waals surface area contributed by atoms with E-state index in [0.717, 1.165) is 36.1 Å². The highest BCUT2D eigenvalue weighted by molar-refractivity contribution is 6.39. The van der Waals surface area contributed by atoms with Crippen LogP contribution in [0.3, 0.4) is 0 Å². The van der Waals surface area contributed by atoms with Crippen LogP contribution in [0.15, 0.2) is 66.4 Å². The Bertz CT molecular complexity index is 2130. The Morgan fingerprint density at radius 2 is 1.67 bits per heavy atom. The standard InChI is InChI=1S/C54H79N3O10/c1-12-15-40-27-33(2)26-34(3)28-47(64-10)50-48(65-11)30-37(6)54(62,67-50)51(59)52(60)57-24-14-13-16-44(57)53(61)66-49(35(4)17-22-45(40)58)36(5)29-38-18-20-43(46(31-38)63-9)56(8)41-19-21-42-39(32-41)23-25-55(42)7/h12,19,21,23,25,27,29,32,34-35,37-38,40,43-44,46-50,62H,1,13-18,20,22,24,26,28,30-31H2,2-11H3. The van der Waals surface area contributed by atoms with Gasteiger partial charge < -0.3 is 43.2 Å². The zero-order valence-electron chi connectivity index (χ0n) is 41.9. The summed E-state index contributed by atoms with van der Waals surface area (Å²) in [5.41, 5.74) is 4.24. The number of ketones is 2. The summed E-state index contributed by atoms with van der Waals surface area (Å²) in [6.45, 7) is 13.9. The molecule has 1 amide bonds. The van der Waals surface area contributed by atoms with Gasteiger partial charge in [-0.05, 0) is 132 Å². The fourth-order valence-electron chi connectivity index (χ4n) is 11.6. The number of rotatable bonds is 9. The van der Waals surface area contributed by atoms with Gasteiger partial charge in [-0.2, -0.15) is 0 Å². The number of Topliss-reactive ketones (excluding diaryl/α,β-unsaturated/α-hetero) is 2. The quantitative estimate of drug-likeness (QED) is 0.147. The number of allylic oxidation sites excluding steroid dienone is 4. The Morgan fingerprint density at radius 3 is 2.37 bits per heavy atom. The van der Waals surface area contributed by atoms with Gasteiger partial charge in [-0.25, -0.2) is 4.79 Å². The largest absolute Gasteiger partial charge is 0.456 e. The number of anilines is 1. The van der Waals surface area contributed by atoms with Gasteiger partial charge >= 0.3 is 5.97 Å². The van der Waals surface area contributed by atoms with E-state index >= 15 is 0 Å². The highest BCUT2D eigenvalue weighted by atomic mass is 16.7. The van der Waals surface area contributed by atoms with Gasteiger partial charge in [0.1, 0.15) is 24.0 Å². The second-order valence-electron chi connectivity index (χ2n) is 20.4. The van der Waals surface area contributed by atoms with Crippen LogP contribution >= 0.6 is 0 Å². The van der Waals surface area contributed by atoms with Crippen LogP contribution in [0.5, 0.6) is 0 Å². The van der Waals surface area contributed by atoms with Crippen molar-refractivity contribution >= 4 is 40.0 Å². The maximum absolute atomic E-state index is 14.6.